The average Bonchev–Trinajstić information content (AvgIpc) is 2.46. The molecule has 4 N–H and O–H groups in total. The van der Waals surface area contributed by atoms with Crippen molar-refractivity contribution in [2.24, 2.45) is 0 Å². The number of nitrogens with zero attached hydrogens (tertiary/aromatic N) is 4. The van der Waals surface area contributed by atoms with E-state index in [1.807, 2.05) is 11.2 Å². The fraction of sp³-hybridized carbons (Fsp3) is 0.750. The molecular weight excluding hydrogens is 292 g/mol. The first-order chi connectivity index (χ1) is 10.00. The van der Waals surface area contributed by atoms with Gasteiger partial charge in [-0.15, -0.1) is 0 Å². The molecule has 21 heavy (non-hydrogen) atoms. The second kappa shape index (κ2) is 7.10. The van der Waals surface area contributed by atoms with Crippen LogP contribution < -0.4 is 16.0 Å². The molecule has 9 heteroatoms. The SMILES string of the molecule is CSCC(C)(O)CNc1nc(N)nc(N2CCOCC2)n1. The minimum absolute atomic E-state index is 0.165. The van der Waals surface area contributed by atoms with E-state index in [0.29, 0.717) is 37.4 Å². The number of nitrogens with one attached hydrogen (secondary N) is 1. The molecule has 8 nitrogen and oxygen atoms in total. The van der Waals surface area contributed by atoms with Gasteiger partial charge >= 0.3 is 0 Å². The van der Waals surface area contributed by atoms with Crippen LogP contribution in [0.4, 0.5) is 17.8 Å². The van der Waals surface area contributed by atoms with Crippen LogP contribution in [0.15, 0.2) is 0 Å². The summed E-state index contributed by atoms with van der Waals surface area (Å²) in [5.74, 6) is 1.71. The molecule has 1 aromatic rings. The lowest BCUT2D eigenvalue weighted by atomic mass is 10.1. The van der Waals surface area contributed by atoms with Gasteiger partial charge in [0, 0.05) is 25.4 Å². The molecule has 0 aliphatic carbocycles. The van der Waals surface area contributed by atoms with E-state index in [1.165, 1.54) is 0 Å². The predicted octanol–water partition coefficient (Wildman–Crippen LogP) is -0.184. The lowest BCUT2D eigenvalue weighted by Crippen LogP contribution is -2.38. The molecule has 1 fully saturated rings. The lowest BCUT2D eigenvalue weighted by Gasteiger charge is -2.27. The third-order valence-corrected chi connectivity index (χ3v) is 3.93. The zero-order valence-electron chi connectivity index (χ0n) is 12.4. The minimum Gasteiger partial charge on any atom is -0.387 e. The second-order valence-electron chi connectivity index (χ2n) is 5.20. The van der Waals surface area contributed by atoms with E-state index in [4.69, 9.17) is 10.5 Å². The first-order valence-electron chi connectivity index (χ1n) is 6.79. The van der Waals surface area contributed by atoms with Crippen LogP contribution in [-0.4, -0.2) is 70.5 Å². The highest BCUT2D eigenvalue weighted by atomic mass is 32.2. The Kier molecular flexibility index (Phi) is 5.43. The molecule has 118 valence electrons. The Morgan fingerprint density at radius 2 is 2.10 bits per heavy atom. The molecule has 1 aliphatic rings. The van der Waals surface area contributed by atoms with Gasteiger partial charge in [-0.05, 0) is 13.2 Å². The monoisotopic (exact) mass is 314 g/mol. The first-order valence-corrected chi connectivity index (χ1v) is 8.19. The van der Waals surface area contributed by atoms with E-state index >= 15 is 0 Å². The molecule has 1 aromatic heterocycles. The number of nitrogen functional groups attached to an aromatic ring is 1. The summed E-state index contributed by atoms with van der Waals surface area (Å²) in [6.45, 7) is 4.87. The van der Waals surface area contributed by atoms with Gasteiger partial charge in [-0.2, -0.15) is 26.7 Å². The quantitative estimate of drug-likeness (QED) is 0.658. The fourth-order valence-electron chi connectivity index (χ4n) is 2.00. The summed E-state index contributed by atoms with van der Waals surface area (Å²) in [5.41, 5.74) is 4.90. The van der Waals surface area contributed by atoms with Crippen LogP contribution >= 0.6 is 11.8 Å². The van der Waals surface area contributed by atoms with Gasteiger partial charge < -0.3 is 25.8 Å². The molecule has 1 atom stereocenters. The maximum atomic E-state index is 10.2. The smallest absolute Gasteiger partial charge is 0.232 e. The molecule has 0 spiro atoms. The third kappa shape index (κ3) is 4.87. The maximum Gasteiger partial charge on any atom is 0.232 e. The van der Waals surface area contributed by atoms with Gasteiger partial charge in [0.15, 0.2) is 0 Å². The van der Waals surface area contributed by atoms with Crippen LogP contribution in [0.1, 0.15) is 6.92 Å². The van der Waals surface area contributed by atoms with Crippen LogP contribution in [-0.2, 0) is 4.74 Å². The number of hydrogen-bond donors (Lipinski definition) is 3. The summed E-state index contributed by atoms with van der Waals surface area (Å²) in [7, 11) is 0. The van der Waals surface area contributed by atoms with Gasteiger partial charge in [-0.25, -0.2) is 0 Å². The summed E-state index contributed by atoms with van der Waals surface area (Å²) in [5, 5.41) is 13.2. The number of hydrogen-bond acceptors (Lipinski definition) is 9. The van der Waals surface area contributed by atoms with Crippen molar-refractivity contribution < 1.29 is 9.84 Å². The first kappa shape index (κ1) is 16.1. The van der Waals surface area contributed by atoms with Crippen molar-refractivity contribution in [3.63, 3.8) is 0 Å². The molecule has 2 heterocycles. The number of nitrogens with two attached hydrogens (primary N) is 1. The molecule has 1 aliphatic heterocycles. The number of ether oxygens (including phenoxy) is 1. The summed E-state index contributed by atoms with van der Waals surface area (Å²) in [6.07, 6.45) is 1.95. The Hall–Kier alpha value is -1.32. The standard InChI is InChI=1S/C12H22N6O2S/c1-12(19,8-21-2)7-14-10-15-9(13)16-11(17-10)18-3-5-20-6-4-18/h19H,3-8H2,1-2H3,(H3,13,14,15,16,17). The van der Waals surface area contributed by atoms with Gasteiger partial charge in [0.25, 0.3) is 0 Å². The molecule has 1 saturated heterocycles. The highest BCUT2D eigenvalue weighted by Gasteiger charge is 2.21. The van der Waals surface area contributed by atoms with E-state index in [9.17, 15) is 5.11 Å². The van der Waals surface area contributed by atoms with Gasteiger partial charge in [0.2, 0.25) is 17.8 Å². The molecule has 0 bridgehead atoms. The van der Waals surface area contributed by atoms with Crippen LogP contribution in [0, 0.1) is 0 Å². The van der Waals surface area contributed by atoms with Crippen molar-refractivity contribution in [2.45, 2.75) is 12.5 Å². The zero-order valence-corrected chi connectivity index (χ0v) is 13.2. The molecule has 2 rings (SSSR count). The predicted molar refractivity (Wildman–Crippen MR) is 84.8 cm³/mol. The maximum absolute atomic E-state index is 10.2. The van der Waals surface area contributed by atoms with Gasteiger partial charge in [-0.1, -0.05) is 0 Å². The third-order valence-electron chi connectivity index (χ3n) is 3.02. The van der Waals surface area contributed by atoms with Crippen molar-refractivity contribution in [3.8, 4) is 0 Å². The number of aliphatic hydroxyl groups is 1. The summed E-state index contributed by atoms with van der Waals surface area (Å²) in [6, 6.07) is 0. The Morgan fingerprint density at radius 1 is 1.38 bits per heavy atom. The van der Waals surface area contributed by atoms with Crippen LogP contribution in [0.25, 0.3) is 0 Å². The summed E-state index contributed by atoms with van der Waals surface area (Å²) in [4.78, 5) is 14.6. The van der Waals surface area contributed by atoms with Crippen LogP contribution in [0.3, 0.4) is 0 Å². The summed E-state index contributed by atoms with van der Waals surface area (Å²) >= 11 is 1.58. The number of anilines is 3. The highest BCUT2D eigenvalue weighted by molar-refractivity contribution is 7.98. The topological polar surface area (TPSA) is 109 Å². The highest BCUT2D eigenvalue weighted by Crippen LogP contribution is 2.15. The van der Waals surface area contributed by atoms with Gasteiger partial charge in [0.1, 0.15) is 0 Å². The van der Waals surface area contributed by atoms with Crippen LogP contribution in [0.2, 0.25) is 0 Å². The van der Waals surface area contributed by atoms with Crippen molar-refractivity contribution in [1.82, 2.24) is 15.0 Å². The molecular formula is C12H22N6O2S. The van der Waals surface area contributed by atoms with Crippen molar-refractivity contribution in [1.29, 1.82) is 0 Å². The van der Waals surface area contributed by atoms with Crippen molar-refractivity contribution in [3.05, 3.63) is 0 Å². The number of morpholine rings is 1. The van der Waals surface area contributed by atoms with E-state index < -0.39 is 5.60 Å². The van der Waals surface area contributed by atoms with Crippen molar-refractivity contribution in [2.75, 3.05) is 60.8 Å². The van der Waals surface area contributed by atoms with E-state index in [0.717, 1.165) is 13.1 Å². The van der Waals surface area contributed by atoms with E-state index in [1.54, 1.807) is 18.7 Å². The molecule has 0 amide bonds. The molecule has 1 unspecified atom stereocenters. The normalized spacial score (nSPS) is 18.3. The molecule has 0 radical (unpaired) electrons. The largest absolute Gasteiger partial charge is 0.387 e. The van der Waals surface area contributed by atoms with E-state index in [-0.39, 0.29) is 5.95 Å². The van der Waals surface area contributed by atoms with Gasteiger partial charge in [0.05, 0.1) is 18.8 Å². The average molecular weight is 314 g/mol. The van der Waals surface area contributed by atoms with E-state index in [2.05, 4.69) is 20.3 Å². The number of aromatic nitrogens is 3. The number of thioether (sulfide) groups is 1. The van der Waals surface area contributed by atoms with Crippen molar-refractivity contribution >= 4 is 29.6 Å². The number of rotatable bonds is 6. The minimum atomic E-state index is -0.833. The molecule has 0 saturated carbocycles. The Labute approximate surface area is 128 Å². The lowest BCUT2D eigenvalue weighted by molar-refractivity contribution is 0.0995. The molecule has 0 aromatic carbocycles. The Bertz CT molecular complexity index is 467. The summed E-state index contributed by atoms with van der Waals surface area (Å²) < 4.78 is 5.31. The second-order valence-corrected chi connectivity index (χ2v) is 6.07. The zero-order chi connectivity index (χ0) is 15.3. The Morgan fingerprint density at radius 3 is 2.76 bits per heavy atom. The fourth-order valence-corrected chi connectivity index (χ4v) is 2.72. The van der Waals surface area contributed by atoms with Gasteiger partial charge in [-0.3, -0.25) is 0 Å². The van der Waals surface area contributed by atoms with Crippen LogP contribution in [0.5, 0.6) is 0 Å². The Balaban J connectivity index is 2.04.